The standard InChI is InChI=1S/C11H7N5O.ClH/c12-4-5-1-2-7-6(3-5)8-9(14-7)15-11(13)16-10(8)17;/h1-3H,(H4,13,14,15,16,17);1H. The molecule has 0 saturated heterocycles. The normalized spacial score (nSPS) is 10.2. The highest BCUT2D eigenvalue weighted by atomic mass is 35.5. The fourth-order valence-corrected chi connectivity index (χ4v) is 1.86. The first-order chi connectivity index (χ1) is 8.19. The van der Waals surface area contributed by atoms with E-state index in [-0.39, 0.29) is 24.2 Å². The Labute approximate surface area is 107 Å². The Kier molecular flexibility index (Phi) is 2.69. The van der Waals surface area contributed by atoms with E-state index in [0.717, 1.165) is 5.52 Å². The van der Waals surface area contributed by atoms with Crippen LogP contribution in [0.5, 0.6) is 5.88 Å². The lowest BCUT2D eigenvalue weighted by Gasteiger charge is -1.96. The van der Waals surface area contributed by atoms with Crippen molar-refractivity contribution in [2.45, 2.75) is 0 Å². The van der Waals surface area contributed by atoms with Crippen molar-refractivity contribution in [3.05, 3.63) is 23.8 Å². The van der Waals surface area contributed by atoms with Crippen molar-refractivity contribution in [3.63, 3.8) is 0 Å². The third-order valence-electron chi connectivity index (χ3n) is 2.58. The molecule has 0 aliphatic carbocycles. The molecule has 1 aromatic carbocycles. The van der Waals surface area contributed by atoms with Gasteiger partial charge in [-0.3, -0.25) is 0 Å². The van der Waals surface area contributed by atoms with Crippen LogP contribution in [0.1, 0.15) is 5.56 Å². The molecule has 0 spiro atoms. The number of halogens is 1. The predicted molar refractivity (Wildman–Crippen MR) is 69.4 cm³/mol. The van der Waals surface area contributed by atoms with E-state index in [0.29, 0.717) is 22.0 Å². The maximum atomic E-state index is 9.77. The number of nitrogens with one attached hydrogen (secondary N) is 1. The summed E-state index contributed by atoms with van der Waals surface area (Å²) in [7, 11) is 0. The quantitative estimate of drug-likeness (QED) is 0.570. The molecule has 3 rings (SSSR count). The van der Waals surface area contributed by atoms with Crippen molar-refractivity contribution in [2.75, 3.05) is 5.73 Å². The smallest absolute Gasteiger partial charge is 0.226 e. The number of fused-ring (bicyclic) bond motifs is 3. The van der Waals surface area contributed by atoms with Gasteiger partial charge in [-0.15, -0.1) is 12.4 Å². The second-order valence-electron chi connectivity index (χ2n) is 3.63. The molecular formula is C11H8ClN5O. The molecule has 0 amide bonds. The molecule has 0 fully saturated rings. The van der Waals surface area contributed by atoms with Gasteiger partial charge in [0.15, 0.2) is 0 Å². The number of nitrogens with two attached hydrogens (primary N) is 1. The molecular weight excluding hydrogens is 254 g/mol. The Bertz CT molecular complexity index is 789. The molecule has 90 valence electrons. The Morgan fingerprint density at radius 1 is 1.33 bits per heavy atom. The first kappa shape index (κ1) is 12.0. The molecule has 0 aliphatic rings. The Balaban J connectivity index is 0.00000120. The minimum Gasteiger partial charge on any atom is -0.493 e. The summed E-state index contributed by atoms with van der Waals surface area (Å²) in [6.07, 6.45) is 0. The number of aromatic hydroxyl groups is 1. The molecule has 6 nitrogen and oxygen atoms in total. The van der Waals surface area contributed by atoms with Crippen molar-refractivity contribution in [2.24, 2.45) is 0 Å². The molecule has 18 heavy (non-hydrogen) atoms. The molecule has 0 radical (unpaired) electrons. The predicted octanol–water partition coefficient (Wildman–Crippen LogP) is 1.69. The van der Waals surface area contributed by atoms with Crippen molar-refractivity contribution in [1.82, 2.24) is 15.0 Å². The summed E-state index contributed by atoms with van der Waals surface area (Å²) in [4.78, 5) is 10.7. The molecule has 0 saturated carbocycles. The lowest BCUT2D eigenvalue weighted by Crippen LogP contribution is -1.94. The molecule has 4 N–H and O–H groups in total. The van der Waals surface area contributed by atoms with Gasteiger partial charge in [0.1, 0.15) is 5.65 Å². The van der Waals surface area contributed by atoms with Crippen molar-refractivity contribution >= 4 is 40.3 Å². The van der Waals surface area contributed by atoms with Crippen molar-refractivity contribution < 1.29 is 5.11 Å². The van der Waals surface area contributed by atoms with Crippen LogP contribution in [0.4, 0.5) is 5.95 Å². The van der Waals surface area contributed by atoms with Gasteiger partial charge in [0.2, 0.25) is 11.8 Å². The number of aromatic amines is 1. The van der Waals surface area contributed by atoms with Crippen LogP contribution in [-0.2, 0) is 0 Å². The minimum atomic E-state index is -0.186. The molecule has 2 aromatic heterocycles. The van der Waals surface area contributed by atoms with Crippen LogP contribution in [0.2, 0.25) is 0 Å². The van der Waals surface area contributed by atoms with Gasteiger partial charge in [-0.25, -0.2) is 0 Å². The van der Waals surface area contributed by atoms with Crippen LogP contribution < -0.4 is 5.73 Å². The topological polar surface area (TPSA) is 112 Å². The molecule has 7 heteroatoms. The number of H-pyrrole nitrogens is 1. The zero-order chi connectivity index (χ0) is 12.0. The SMILES string of the molecule is Cl.N#Cc1ccc2[nH]c3nc(N)nc(O)c3c2c1. The average molecular weight is 262 g/mol. The third-order valence-corrected chi connectivity index (χ3v) is 2.58. The molecule has 0 atom stereocenters. The van der Waals surface area contributed by atoms with E-state index >= 15 is 0 Å². The van der Waals surface area contributed by atoms with Gasteiger partial charge in [-0.05, 0) is 18.2 Å². The van der Waals surface area contributed by atoms with Gasteiger partial charge >= 0.3 is 0 Å². The van der Waals surface area contributed by atoms with E-state index in [1.54, 1.807) is 18.2 Å². The lowest BCUT2D eigenvalue weighted by molar-refractivity contribution is 0.461. The first-order valence-corrected chi connectivity index (χ1v) is 4.87. The van der Waals surface area contributed by atoms with E-state index < -0.39 is 0 Å². The highest BCUT2D eigenvalue weighted by molar-refractivity contribution is 6.08. The number of aromatic nitrogens is 3. The van der Waals surface area contributed by atoms with Gasteiger partial charge in [-0.1, -0.05) is 0 Å². The van der Waals surface area contributed by atoms with E-state index in [4.69, 9.17) is 11.0 Å². The third kappa shape index (κ3) is 1.58. The van der Waals surface area contributed by atoms with E-state index in [1.807, 2.05) is 6.07 Å². The average Bonchev–Trinajstić information content (AvgIpc) is 2.65. The van der Waals surface area contributed by atoms with Crippen LogP contribution in [0.3, 0.4) is 0 Å². The lowest BCUT2D eigenvalue weighted by atomic mass is 10.1. The second kappa shape index (κ2) is 4.05. The number of hydrogen-bond acceptors (Lipinski definition) is 5. The Hall–Kier alpha value is -2.52. The monoisotopic (exact) mass is 261 g/mol. The number of nitrogens with zero attached hydrogens (tertiary/aromatic N) is 3. The highest BCUT2D eigenvalue weighted by Gasteiger charge is 2.12. The van der Waals surface area contributed by atoms with E-state index in [1.165, 1.54) is 0 Å². The van der Waals surface area contributed by atoms with Gasteiger partial charge in [-0.2, -0.15) is 15.2 Å². The maximum absolute atomic E-state index is 9.77. The van der Waals surface area contributed by atoms with E-state index in [9.17, 15) is 5.11 Å². The van der Waals surface area contributed by atoms with Crippen LogP contribution in [0.25, 0.3) is 21.9 Å². The summed E-state index contributed by atoms with van der Waals surface area (Å²) in [5.41, 5.74) is 7.19. The Morgan fingerprint density at radius 3 is 2.83 bits per heavy atom. The summed E-state index contributed by atoms with van der Waals surface area (Å²) in [5.74, 6) is -0.184. The second-order valence-corrected chi connectivity index (χ2v) is 3.63. The number of benzene rings is 1. The molecule has 0 aliphatic heterocycles. The zero-order valence-electron chi connectivity index (χ0n) is 9.01. The van der Waals surface area contributed by atoms with Crippen LogP contribution in [-0.4, -0.2) is 20.1 Å². The fourth-order valence-electron chi connectivity index (χ4n) is 1.86. The van der Waals surface area contributed by atoms with Gasteiger partial charge < -0.3 is 15.8 Å². The number of rotatable bonds is 0. The van der Waals surface area contributed by atoms with Crippen LogP contribution >= 0.6 is 12.4 Å². The summed E-state index contributed by atoms with van der Waals surface area (Å²) in [6.45, 7) is 0. The van der Waals surface area contributed by atoms with Crippen molar-refractivity contribution in [3.8, 4) is 11.9 Å². The zero-order valence-corrected chi connectivity index (χ0v) is 9.82. The van der Waals surface area contributed by atoms with Crippen molar-refractivity contribution in [1.29, 1.82) is 5.26 Å². The maximum Gasteiger partial charge on any atom is 0.226 e. The number of anilines is 1. The number of hydrogen-bond donors (Lipinski definition) is 3. The Morgan fingerprint density at radius 2 is 2.11 bits per heavy atom. The number of nitrogen functional groups attached to an aromatic ring is 1. The van der Waals surface area contributed by atoms with Gasteiger partial charge in [0.05, 0.1) is 17.0 Å². The van der Waals surface area contributed by atoms with Crippen LogP contribution in [0.15, 0.2) is 18.2 Å². The molecule has 0 unspecified atom stereocenters. The minimum absolute atomic E-state index is 0. The molecule has 2 heterocycles. The fraction of sp³-hybridized carbons (Fsp3) is 0. The van der Waals surface area contributed by atoms with Gasteiger partial charge in [0, 0.05) is 10.9 Å². The van der Waals surface area contributed by atoms with Crippen LogP contribution in [0, 0.1) is 11.3 Å². The molecule has 0 bridgehead atoms. The van der Waals surface area contributed by atoms with E-state index in [2.05, 4.69) is 15.0 Å². The number of nitriles is 1. The summed E-state index contributed by atoms with van der Waals surface area (Å²) < 4.78 is 0. The first-order valence-electron chi connectivity index (χ1n) is 4.87. The summed E-state index contributed by atoms with van der Waals surface area (Å²) in [5, 5.41) is 19.8. The van der Waals surface area contributed by atoms with Gasteiger partial charge in [0.25, 0.3) is 0 Å². The largest absolute Gasteiger partial charge is 0.493 e. The molecule has 3 aromatic rings. The summed E-state index contributed by atoms with van der Waals surface area (Å²) in [6, 6.07) is 7.16. The highest BCUT2D eigenvalue weighted by Crippen LogP contribution is 2.30. The summed E-state index contributed by atoms with van der Waals surface area (Å²) >= 11 is 0.